The molecule has 8 heteroatoms. The van der Waals surface area contributed by atoms with Gasteiger partial charge in [0, 0.05) is 11.1 Å². The summed E-state index contributed by atoms with van der Waals surface area (Å²) in [4.78, 5) is 37.2. The molecule has 1 aromatic carbocycles. The van der Waals surface area contributed by atoms with E-state index in [1.54, 1.807) is 31.2 Å². The van der Waals surface area contributed by atoms with Crippen LogP contribution in [-0.2, 0) is 20.9 Å². The van der Waals surface area contributed by atoms with Gasteiger partial charge < -0.3 is 14.5 Å². The van der Waals surface area contributed by atoms with Crippen LogP contribution in [0.3, 0.4) is 0 Å². The van der Waals surface area contributed by atoms with Gasteiger partial charge in [0.1, 0.15) is 6.54 Å². The third-order valence-corrected chi connectivity index (χ3v) is 7.01. The summed E-state index contributed by atoms with van der Waals surface area (Å²) in [7, 11) is 0. The Morgan fingerprint density at radius 1 is 1.16 bits per heavy atom. The third-order valence-electron chi connectivity index (χ3n) is 7.01. The highest BCUT2D eigenvalue weighted by molar-refractivity contribution is 5.84. The summed E-state index contributed by atoms with van der Waals surface area (Å²) in [5.74, 6) is 0.537. The van der Waals surface area contributed by atoms with E-state index in [1.807, 2.05) is 6.07 Å². The molecule has 164 valence electrons. The van der Waals surface area contributed by atoms with Crippen molar-refractivity contribution in [2.24, 2.45) is 17.8 Å². The van der Waals surface area contributed by atoms with Gasteiger partial charge in [0.2, 0.25) is 5.89 Å². The van der Waals surface area contributed by atoms with Gasteiger partial charge in [0.05, 0.1) is 0 Å². The Bertz CT molecular complexity index is 1010. The highest BCUT2D eigenvalue weighted by Crippen LogP contribution is 2.55. The molecule has 1 amide bonds. The minimum absolute atomic E-state index is 0.131. The second-order valence-electron chi connectivity index (χ2n) is 9.52. The summed E-state index contributed by atoms with van der Waals surface area (Å²) < 4.78 is 11.3. The van der Waals surface area contributed by atoms with E-state index in [0.717, 1.165) is 23.9 Å². The van der Waals surface area contributed by atoms with Crippen LogP contribution in [0.1, 0.15) is 45.4 Å². The van der Waals surface area contributed by atoms with Gasteiger partial charge in [-0.25, -0.2) is 4.79 Å². The number of benzene rings is 1. The summed E-state index contributed by atoms with van der Waals surface area (Å²) in [6.45, 7) is 1.15. The van der Waals surface area contributed by atoms with Crippen LogP contribution in [0.15, 0.2) is 39.5 Å². The molecule has 0 radical (unpaired) electrons. The van der Waals surface area contributed by atoms with Gasteiger partial charge >= 0.3 is 11.7 Å². The zero-order chi connectivity index (χ0) is 21.6. The first-order chi connectivity index (χ1) is 14.9. The average molecular weight is 425 g/mol. The van der Waals surface area contributed by atoms with Crippen molar-refractivity contribution >= 4 is 11.9 Å². The fourth-order valence-electron chi connectivity index (χ4n) is 6.14. The lowest BCUT2D eigenvalue weighted by molar-refractivity contribution is -0.157. The molecule has 4 fully saturated rings. The molecule has 0 spiro atoms. The second kappa shape index (κ2) is 7.66. The molecule has 0 unspecified atom stereocenters. The van der Waals surface area contributed by atoms with Crippen LogP contribution in [0.4, 0.5) is 0 Å². The van der Waals surface area contributed by atoms with Crippen LogP contribution in [0.25, 0.3) is 11.5 Å². The Labute approximate surface area is 180 Å². The molecule has 0 aliphatic heterocycles. The van der Waals surface area contributed by atoms with Crippen molar-refractivity contribution in [1.29, 1.82) is 0 Å². The number of aromatic nitrogens is 2. The van der Waals surface area contributed by atoms with Crippen LogP contribution in [0.5, 0.6) is 0 Å². The molecule has 2 aromatic rings. The minimum Gasteiger partial charge on any atom is -0.451 e. The highest BCUT2D eigenvalue weighted by atomic mass is 16.5. The Kier molecular flexibility index (Phi) is 4.95. The van der Waals surface area contributed by atoms with Gasteiger partial charge in [-0.15, -0.1) is 5.10 Å². The van der Waals surface area contributed by atoms with E-state index >= 15 is 0 Å². The third kappa shape index (κ3) is 4.03. The van der Waals surface area contributed by atoms with Gasteiger partial charge in [-0.2, -0.15) is 4.68 Å². The molecule has 1 atom stereocenters. The van der Waals surface area contributed by atoms with E-state index in [9.17, 15) is 14.4 Å². The fraction of sp³-hybridized carbons (Fsp3) is 0.565. The number of nitrogens with one attached hydrogen (secondary N) is 1. The molecule has 8 nitrogen and oxygen atoms in total. The number of rotatable bonds is 6. The van der Waals surface area contributed by atoms with Gasteiger partial charge in [-0.3, -0.25) is 9.59 Å². The maximum absolute atomic E-state index is 12.8. The summed E-state index contributed by atoms with van der Waals surface area (Å²) in [5, 5.41) is 7.27. The number of carbonyl (C=O) groups is 2. The molecule has 1 aromatic heterocycles. The molecule has 31 heavy (non-hydrogen) atoms. The second-order valence-corrected chi connectivity index (χ2v) is 9.52. The van der Waals surface area contributed by atoms with E-state index in [1.165, 1.54) is 19.3 Å². The molecule has 4 saturated carbocycles. The number of hydrogen-bond donors (Lipinski definition) is 1. The van der Waals surface area contributed by atoms with Crippen LogP contribution >= 0.6 is 0 Å². The van der Waals surface area contributed by atoms with Crippen molar-refractivity contribution in [3.63, 3.8) is 0 Å². The molecule has 6 rings (SSSR count). The summed E-state index contributed by atoms with van der Waals surface area (Å²) in [6.07, 6.45) is 6.02. The number of amides is 1. The van der Waals surface area contributed by atoms with Gasteiger partial charge in [-0.1, -0.05) is 18.2 Å². The fourth-order valence-corrected chi connectivity index (χ4v) is 6.14. The first-order valence-corrected chi connectivity index (χ1v) is 11.0. The van der Waals surface area contributed by atoms with Crippen LogP contribution in [0.2, 0.25) is 0 Å². The highest BCUT2D eigenvalue weighted by Gasteiger charge is 2.51. The van der Waals surface area contributed by atoms with E-state index in [-0.39, 0.29) is 17.3 Å². The molecule has 4 aliphatic rings. The maximum atomic E-state index is 12.8. The Morgan fingerprint density at radius 2 is 1.77 bits per heavy atom. The van der Waals surface area contributed by atoms with Gasteiger partial charge in [0.15, 0.2) is 6.10 Å². The SMILES string of the molecule is C[C@@H](OC(=O)Cn1nc(-c2ccccc2)oc1=O)C(=O)NC12CC3CC(CC(C3)C1)C2. The predicted octanol–water partition coefficient (Wildman–Crippen LogP) is 2.52. The lowest BCUT2D eigenvalue weighted by Crippen LogP contribution is -2.61. The van der Waals surface area contributed by atoms with Crippen LogP contribution in [-0.4, -0.2) is 33.3 Å². The van der Waals surface area contributed by atoms with Crippen molar-refractivity contribution < 1.29 is 18.7 Å². The molecular formula is C23H27N3O5. The Morgan fingerprint density at radius 3 is 2.39 bits per heavy atom. The van der Waals surface area contributed by atoms with Crippen molar-refractivity contribution in [3.8, 4) is 11.5 Å². The molecule has 1 heterocycles. The average Bonchev–Trinajstić information content (AvgIpc) is 3.07. The number of carbonyl (C=O) groups excluding carboxylic acids is 2. The van der Waals surface area contributed by atoms with Crippen LogP contribution < -0.4 is 11.1 Å². The number of ether oxygens (including phenoxy) is 1. The standard InChI is InChI=1S/C23H27N3O5/c1-14(20(28)24-23-10-15-7-16(11-23)9-17(8-15)12-23)30-19(27)13-26-22(29)31-21(25-26)18-5-3-2-4-6-18/h2-6,14-17H,7-13H2,1H3,(H,24,28)/t14-,15?,16?,17?,23?/m1/s1. The van der Waals surface area contributed by atoms with Crippen LogP contribution in [0, 0.1) is 17.8 Å². The van der Waals surface area contributed by atoms with E-state index in [2.05, 4.69) is 10.4 Å². The largest absolute Gasteiger partial charge is 0.451 e. The minimum atomic E-state index is -0.934. The molecule has 4 aliphatic carbocycles. The quantitative estimate of drug-likeness (QED) is 0.714. The van der Waals surface area contributed by atoms with E-state index in [0.29, 0.717) is 23.3 Å². The number of hydrogen-bond acceptors (Lipinski definition) is 6. The molecule has 4 bridgehead atoms. The van der Waals surface area contributed by atoms with Gasteiger partial charge in [0.25, 0.3) is 5.91 Å². The van der Waals surface area contributed by atoms with Crippen molar-refractivity contribution in [3.05, 3.63) is 40.9 Å². The Hall–Kier alpha value is -2.90. The Balaban J connectivity index is 1.19. The van der Waals surface area contributed by atoms with Crippen molar-refractivity contribution in [2.45, 2.75) is 63.6 Å². The van der Waals surface area contributed by atoms with Gasteiger partial charge in [-0.05, 0) is 75.3 Å². The topological polar surface area (TPSA) is 103 Å². The van der Waals surface area contributed by atoms with Crippen molar-refractivity contribution in [2.75, 3.05) is 0 Å². The lowest BCUT2D eigenvalue weighted by atomic mass is 9.53. The first-order valence-electron chi connectivity index (χ1n) is 11.0. The first kappa shape index (κ1) is 20.0. The predicted molar refractivity (Wildman–Crippen MR) is 111 cm³/mol. The normalized spacial score (nSPS) is 29.5. The summed E-state index contributed by atoms with van der Waals surface area (Å²) in [6, 6.07) is 8.95. The summed E-state index contributed by atoms with van der Waals surface area (Å²) in [5.41, 5.74) is 0.496. The zero-order valence-corrected chi connectivity index (χ0v) is 17.6. The molecule has 0 saturated heterocycles. The van der Waals surface area contributed by atoms with E-state index in [4.69, 9.17) is 9.15 Å². The number of esters is 1. The smallest absolute Gasteiger partial charge is 0.437 e. The van der Waals surface area contributed by atoms with E-state index < -0.39 is 24.4 Å². The molecular weight excluding hydrogens is 398 g/mol. The van der Waals surface area contributed by atoms with Crippen molar-refractivity contribution in [1.82, 2.24) is 15.1 Å². The monoisotopic (exact) mass is 425 g/mol. The lowest BCUT2D eigenvalue weighted by Gasteiger charge is -2.57. The molecule has 1 N–H and O–H groups in total. The maximum Gasteiger partial charge on any atom is 0.437 e. The number of nitrogens with zero attached hydrogens (tertiary/aromatic N) is 2. The summed E-state index contributed by atoms with van der Waals surface area (Å²) >= 11 is 0. The zero-order valence-electron chi connectivity index (χ0n) is 17.6.